The number of nitrogens with zero attached hydrogens (tertiary/aromatic N) is 4. The summed E-state index contributed by atoms with van der Waals surface area (Å²) in [7, 11) is 0. The van der Waals surface area contributed by atoms with Crippen molar-refractivity contribution >= 4 is 21.8 Å². The Morgan fingerprint density at radius 1 is 0.792 bits per heavy atom. The van der Waals surface area contributed by atoms with Gasteiger partial charge >= 0.3 is 21.1 Å². The molecule has 6 heteroatoms. The fraction of sp³-hybridized carbons (Fsp3) is 0.319. The van der Waals surface area contributed by atoms with Crippen LogP contribution in [0.4, 0.5) is 0 Å². The number of fused-ring (bicyclic) bond motifs is 3. The van der Waals surface area contributed by atoms with Crippen LogP contribution in [0.1, 0.15) is 92.6 Å². The molecule has 0 saturated heterocycles. The van der Waals surface area contributed by atoms with Gasteiger partial charge in [-0.3, -0.25) is 4.68 Å². The second kappa shape index (κ2) is 15.9. The fourth-order valence-electron chi connectivity index (χ4n) is 7.77. The van der Waals surface area contributed by atoms with Crippen LogP contribution in [-0.4, -0.2) is 19.3 Å². The van der Waals surface area contributed by atoms with Crippen molar-refractivity contribution in [3.63, 3.8) is 0 Å². The Hall–Kier alpha value is -4.47. The first-order valence-electron chi connectivity index (χ1n) is 18.8. The van der Waals surface area contributed by atoms with E-state index < -0.39 is 0 Å². The molecule has 0 aliphatic rings. The van der Waals surface area contributed by atoms with E-state index in [9.17, 15) is 0 Å². The molecule has 0 bridgehead atoms. The standard InChI is InChI=1S/C47H50N4O.Pt/c1-10-11-15-43-47(46-32(7)22-31(6)23-33(46)8)34(9)49-51(43)37-25-36(30(4)5)26-39(27-37)52-38-17-18-41-40-14-12-13-16-42(40)50(44(41)28-38)45-24-35(19-20-48-45)21-29(2)3;/h12-14,16-20,22-26,29-30H,10-11,15,21H2,1-9H3;/q-2;+2. The van der Waals surface area contributed by atoms with Crippen molar-refractivity contribution in [1.82, 2.24) is 19.3 Å². The largest absolute Gasteiger partial charge is 2.00 e. The van der Waals surface area contributed by atoms with Crippen molar-refractivity contribution in [2.45, 2.75) is 93.9 Å². The summed E-state index contributed by atoms with van der Waals surface area (Å²) >= 11 is 0. The molecule has 53 heavy (non-hydrogen) atoms. The Morgan fingerprint density at radius 3 is 2.26 bits per heavy atom. The Bertz CT molecular complexity index is 2390. The molecular weight excluding hydrogens is 832 g/mol. The van der Waals surface area contributed by atoms with Gasteiger partial charge in [0, 0.05) is 34.5 Å². The summed E-state index contributed by atoms with van der Waals surface area (Å²) in [5.74, 6) is 3.00. The molecule has 274 valence electrons. The average molecular weight is 882 g/mol. The van der Waals surface area contributed by atoms with Crippen molar-refractivity contribution < 1.29 is 25.8 Å². The Kier molecular flexibility index (Phi) is 11.5. The Balaban J connectivity index is 0.00000481. The number of rotatable bonds is 11. The normalized spacial score (nSPS) is 11.6. The SMILES string of the molecule is CCCCc1c(-c2c(C)cc(C)cc2C)c(C)nn1-c1[c-]c(Oc2[c-]c3c(cc2)c2ccccc2n3-c2cc(CC(C)C)ccn2)cc(C(C)C)c1.[Pt+2]. The van der Waals surface area contributed by atoms with E-state index in [0.29, 0.717) is 17.4 Å². The van der Waals surface area contributed by atoms with Gasteiger partial charge in [-0.15, -0.1) is 41.3 Å². The minimum absolute atomic E-state index is 0. The van der Waals surface area contributed by atoms with E-state index in [0.717, 1.165) is 64.7 Å². The van der Waals surface area contributed by atoms with Crippen LogP contribution in [0.3, 0.4) is 0 Å². The summed E-state index contributed by atoms with van der Waals surface area (Å²) in [4.78, 5) is 4.84. The van der Waals surface area contributed by atoms with E-state index in [1.165, 1.54) is 44.6 Å². The van der Waals surface area contributed by atoms with Gasteiger partial charge < -0.3 is 9.30 Å². The molecule has 7 aromatic rings. The molecule has 0 aliphatic heterocycles. The number of hydrogen-bond acceptors (Lipinski definition) is 3. The van der Waals surface area contributed by atoms with Crippen molar-refractivity contribution in [2.24, 2.45) is 5.92 Å². The Morgan fingerprint density at radius 2 is 1.55 bits per heavy atom. The number of pyridine rings is 1. The van der Waals surface area contributed by atoms with Gasteiger partial charge in [0.1, 0.15) is 5.82 Å². The molecule has 0 N–H and O–H groups in total. The van der Waals surface area contributed by atoms with Crippen LogP contribution < -0.4 is 4.74 Å². The molecular formula is C47H50N4OPt. The number of aryl methyl sites for hydroxylation is 4. The fourth-order valence-corrected chi connectivity index (χ4v) is 7.77. The number of para-hydroxylation sites is 1. The first-order valence-corrected chi connectivity index (χ1v) is 18.8. The van der Waals surface area contributed by atoms with Crippen LogP contribution in [0.2, 0.25) is 0 Å². The maximum absolute atomic E-state index is 6.71. The molecule has 0 amide bonds. The molecule has 0 aliphatic carbocycles. The number of hydrogen-bond donors (Lipinski definition) is 0. The average Bonchev–Trinajstić information content (AvgIpc) is 3.60. The maximum Gasteiger partial charge on any atom is 2.00 e. The van der Waals surface area contributed by atoms with Gasteiger partial charge in [-0.05, 0) is 110 Å². The number of aromatic nitrogens is 4. The summed E-state index contributed by atoms with van der Waals surface area (Å²) in [6.45, 7) is 19.9. The number of unbranched alkanes of at least 4 members (excludes halogenated alkanes) is 1. The predicted octanol–water partition coefficient (Wildman–Crippen LogP) is 12.3. The van der Waals surface area contributed by atoms with Gasteiger partial charge in [0.05, 0.1) is 5.69 Å². The van der Waals surface area contributed by atoms with E-state index in [1.54, 1.807) is 0 Å². The molecule has 0 radical (unpaired) electrons. The molecule has 0 saturated carbocycles. The summed E-state index contributed by atoms with van der Waals surface area (Å²) in [5.41, 5.74) is 14.0. The van der Waals surface area contributed by atoms with Crippen LogP contribution in [0.15, 0.2) is 79.0 Å². The monoisotopic (exact) mass is 881 g/mol. The first-order chi connectivity index (χ1) is 25.0. The van der Waals surface area contributed by atoms with Gasteiger partial charge in [-0.25, -0.2) is 4.98 Å². The second-order valence-corrected chi connectivity index (χ2v) is 15.2. The van der Waals surface area contributed by atoms with Gasteiger partial charge in [0.15, 0.2) is 0 Å². The zero-order valence-electron chi connectivity index (χ0n) is 32.5. The van der Waals surface area contributed by atoms with Crippen molar-refractivity contribution in [2.75, 3.05) is 0 Å². The van der Waals surface area contributed by atoms with Crippen LogP contribution in [0.5, 0.6) is 11.5 Å². The van der Waals surface area contributed by atoms with E-state index in [-0.39, 0.29) is 27.0 Å². The minimum atomic E-state index is 0. The Labute approximate surface area is 329 Å². The van der Waals surface area contributed by atoms with E-state index in [1.807, 2.05) is 12.3 Å². The predicted molar refractivity (Wildman–Crippen MR) is 216 cm³/mol. The summed E-state index contributed by atoms with van der Waals surface area (Å²) in [6, 6.07) is 33.2. The van der Waals surface area contributed by atoms with Gasteiger partial charge in [0.2, 0.25) is 0 Å². The molecule has 5 nitrogen and oxygen atoms in total. The molecule has 0 fully saturated rings. The van der Waals surface area contributed by atoms with Gasteiger partial charge in [-0.2, -0.15) is 11.2 Å². The molecule has 3 heterocycles. The molecule has 0 unspecified atom stereocenters. The third kappa shape index (κ3) is 7.64. The summed E-state index contributed by atoms with van der Waals surface area (Å²) in [6.07, 6.45) is 6.02. The van der Waals surface area contributed by atoms with Gasteiger partial charge in [0.25, 0.3) is 0 Å². The summed E-state index contributed by atoms with van der Waals surface area (Å²) in [5, 5.41) is 7.49. The van der Waals surface area contributed by atoms with Crippen LogP contribution in [0.25, 0.3) is 44.4 Å². The van der Waals surface area contributed by atoms with Gasteiger partial charge in [-0.1, -0.05) is 82.5 Å². The van der Waals surface area contributed by atoms with E-state index in [4.69, 9.17) is 14.8 Å². The summed E-state index contributed by atoms with van der Waals surface area (Å²) < 4.78 is 11.0. The zero-order valence-corrected chi connectivity index (χ0v) is 34.8. The topological polar surface area (TPSA) is 44.9 Å². The smallest absolute Gasteiger partial charge is 0.509 e. The van der Waals surface area contributed by atoms with Crippen LogP contribution in [0, 0.1) is 45.7 Å². The van der Waals surface area contributed by atoms with Crippen LogP contribution >= 0.6 is 0 Å². The van der Waals surface area contributed by atoms with E-state index in [2.05, 4.69) is 150 Å². The van der Waals surface area contributed by atoms with E-state index >= 15 is 0 Å². The second-order valence-electron chi connectivity index (χ2n) is 15.2. The first kappa shape index (κ1) is 38.3. The number of benzene rings is 4. The van der Waals surface area contributed by atoms with Crippen molar-refractivity contribution in [3.8, 4) is 34.1 Å². The third-order valence-electron chi connectivity index (χ3n) is 10.1. The quantitative estimate of drug-likeness (QED) is 0.122. The molecule has 4 aromatic carbocycles. The van der Waals surface area contributed by atoms with Crippen molar-refractivity contribution in [3.05, 3.63) is 130 Å². The number of ether oxygens (including phenoxy) is 1. The molecule has 0 spiro atoms. The van der Waals surface area contributed by atoms with Crippen LogP contribution in [-0.2, 0) is 33.9 Å². The maximum atomic E-state index is 6.71. The zero-order chi connectivity index (χ0) is 36.7. The molecule has 0 atom stereocenters. The van der Waals surface area contributed by atoms with Crippen molar-refractivity contribution in [1.29, 1.82) is 0 Å². The molecule has 7 rings (SSSR count). The minimum Gasteiger partial charge on any atom is -0.509 e. The third-order valence-corrected chi connectivity index (χ3v) is 10.1. The molecule has 3 aromatic heterocycles.